The first kappa shape index (κ1) is 14.6. The third-order valence-corrected chi connectivity index (χ3v) is 4.03. The molecule has 0 saturated heterocycles. The highest BCUT2D eigenvalue weighted by molar-refractivity contribution is 9.10. The second-order valence-electron chi connectivity index (χ2n) is 5.03. The van der Waals surface area contributed by atoms with Crippen LogP contribution in [-0.2, 0) is 0 Å². The van der Waals surface area contributed by atoms with Gasteiger partial charge in [-0.3, -0.25) is 0 Å². The zero-order valence-corrected chi connectivity index (χ0v) is 13.5. The lowest BCUT2D eigenvalue weighted by molar-refractivity contribution is 0.871. The van der Waals surface area contributed by atoms with Crippen molar-refractivity contribution in [2.24, 2.45) is 0 Å². The van der Waals surface area contributed by atoms with Crippen LogP contribution in [0.2, 0.25) is 0 Å². The number of benzene rings is 2. The Hall–Kier alpha value is -1.79. The normalized spacial score (nSPS) is 11.8. The van der Waals surface area contributed by atoms with Crippen LogP contribution in [-0.4, -0.2) is 0 Å². The van der Waals surface area contributed by atoms with Crippen LogP contribution in [0.5, 0.6) is 0 Å². The zero-order chi connectivity index (χ0) is 14.7. The van der Waals surface area contributed by atoms with Crippen molar-refractivity contribution in [3.63, 3.8) is 0 Å². The van der Waals surface area contributed by atoms with Gasteiger partial charge in [-0.05, 0) is 66.0 Å². The third kappa shape index (κ3) is 3.20. The number of hydrogen-bond donors (Lipinski definition) is 1. The molecular weight excluding hydrogens is 312 g/mol. The highest BCUT2D eigenvalue weighted by Gasteiger charge is 2.10. The van der Waals surface area contributed by atoms with E-state index in [9.17, 15) is 0 Å². The molecule has 0 heterocycles. The first-order chi connectivity index (χ1) is 9.51. The molecule has 2 rings (SSSR count). The number of hydrogen-bond acceptors (Lipinski definition) is 2. The number of nitrogens with one attached hydrogen (secondary N) is 1. The Morgan fingerprint density at radius 2 is 1.90 bits per heavy atom. The van der Waals surface area contributed by atoms with Gasteiger partial charge in [0.25, 0.3) is 0 Å². The summed E-state index contributed by atoms with van der Waals surface area (Å²) >= 11 is 3.51. The Labute approximate surface area is 128 Å². The predicted molar refractivity (Wildman–Crippen MR) is 86.8 cm³/mol. The van der Waals surface area contributed by atoms with E-state index < -0.39 is 0 Å². The van der Waals surface area contributed by atoms with Gasteiger partial charge in [-0.1, -0.05) is 23.8 Å². The van der Waals surface area contributed by atoms with E-state index in [0.717, 1.165) is 10.2 Å². The van der Waals surface area contributed by atoms with E-state index in [4.69, 9.17) is 5.26 Å². The molecule has 1 unspecified atom stereocenters. The van der Waals surface area contributed by atoms with Crippen molar-refractivity contribution >= 4 is 21.6 Å². The van der Waals surface area contributed by atoms with Crippen LogP contribution in [0.1, 0.15) is 35.2 Å². The van der Waals surface area contributed by atoms with Gasteiger partial charge >= 0.3 is 0 Å². The Morgan fingerprint density at radius 1 is 1.15 bits per heavy atom. The van der Waals surface area contributed by atoms with Crippen LogP contribution in [0.4, 0.5) is 5.69 Å². The number of anilines is 1. The molecule has 2 aromatic carbocycles. The molecule has 0 radical (unpaired) electrons. The van der Waals surface area contributed by atoms with Gasteiger partial charge in [0.1, 0.15) is 0 Å². The first-order valence-electron chi connectivity index (χ1n) is 6.54. The van der Waals surface area contributed by atoms with Gasteiger partial charge in [0, 0.05) is 16.2 Å². The topological polar surface area (TPSA) is 35.8 Å². The third-order valence-electron chi connectivity index (χ3n) is 3.37. The molecule has 0 fully saturated rings. The van der Waals surface area contributed by atoms with Crippen molar-refractivity contribution in [2.45, 2.75) is 26.8 Å². The summed E-state index contributed by atoms with van der Waals surface area (Å²) in [6, 6.07) is 14.4. The Kier molecular flexibility index (Phi) is 4.46. The van der Waals surface area contributed by atoms with Crippen LogP contribution >= 0.6 is 15.9 Å². The van der Waals surface area contributed by atoms with E-state index in [1.165, 1.54) is 16.7 Å². The van der Waals surface area contributed by atoms with Crippen LogP contribution in [0.25, 0.3) is 0 Å². The van der Waals surface area contributed by atoms with Crippen molar-refractivity contribution in [1.29, 1.82) is 5.26 Å². The average Bonchev–Trinajstić information content (AvgIpc) is 2.43. The molecule has 3 heteroatoms. The molecule has 102 valence electrons. The number of aryl methyl sites for hydroxylation is 2. The van der Waals surface area contributed by atoms with E-state index in [2.05, 4.69) is 66.3 Å². The summed E-state index contributed by atoms with van der Waals surface area (Å²) in [5.74, 6) is 0. The fraction of sp³-hybridized carbons (Fsp3) is 0.235. The molecule has 0 aromatic heterocycles. The minimum absolute atomic E-state index is 0.208. The van der Waals surface area contributed by atoms with Gasteiger partial charge in [0.05, 0.1) is 11.6 Å². The summed E-state index contributed by atoms with van der Waals surface area (Å²) in [6.45, 7) is 6.38. The molecule has 2 nitrogen and oxygen atoms in total. The van der Waals surface area contributed by atoms with Gasteiger partial charge in [0.2, 0.25) is 0 Å². The van der Waals surface area contributed by atoms with Crippen molar-refractivity contribution < 1.29 is 0 Å². The molecule has 0 aliphatic carbocycles. The summed E-state index contributed by atoms with van der Waals surface area (Å²) in [5.41, 5.74) is 5.49. The lowest BCUT2D eigenvalue weighted by atomic mass is 10.00. The monoisotopic (exact) mass is 328 g/mol. The Morgan fingerprint density at radius 3 is 2.55 bits per heavy atom. The van der Waals surface area contributed by atoms with Gasteiger partial charge in [-0.25, -0.2) is 0 Å². The summed E-state index contributed by atoms with van der Waals surface area (Å²) in [5, 5.41) is 12.4. The summed E-state index contributed by atoms with van der Waals surface area (Å²) in [6.07, 6.45) is 0. The number of nitriles is 1. The molecule has 2 aromatic rings. The van der Waals surface area contributed by atoms with Crippen LogP contribution in [0.3, 0.4) is 0 Å². The van der Waals surface area contributed by atoms with Gasteiger partial charge in [0.15, 0.2) is 0 Å². The molecule has 1 atom stereocenters. The molecule has 1 N–H and O–H groups in total. The maximum absolute atomic E-state index is 8.89. The second-order valence-corrected chi connectivity index (χ2v) is 5.89. The number of nitrogens with zero attached hydrogens (tertiary/aromatic N) is 1. The molecule has 0 bridgehead atoms. The maximum atomic E-state index is 8.89. The SMILES string of the molecule is Cc1ccc(C)c(C(C)Nc2ccc(C#N)cc2Br)c1. The number of halogens is 1. The predicted octanol–water partition coefficient (Wildman–Crippen LogP) is 5.11. The van der Waals surface area contributed by atoms with Crippen LogP contribution < -0.4 is 5.32 Å². The lowest BCUT2D eigenvalue weighted by Gasteiger charge is -2.19. The standard InChI is InChI=1S/C17H17BrN2/c1-11-4-5-12(2)15(8-11)13(3)20-17-7-6-14(10-19)9-16(17)18/h4-9,13,20H,1-3H3. The molecule has 0 amide bonds. The molecule has 20 heavy (non-hydrogen) atoms. The van der Waals surface area contributed by atoms with Crippen molar-refractivity contribution in [3.05, 3.63) is 63.1 Å². The van der Waals surface area contributed by atoms with Crippen molar-refractivity contribution in [3.8, 4) is 6.07 Å². The summed E-state index contributed by atoms with van der Waals surface area (Å²) in [4.78, 5) is 0. The van der Waals surface area contributed by atoms with Crippen LogP contribution in [0.15, 0.2) is 40.9 Å². The van der Waals surface area contributed by atoms with Gasteiger partial charge < -0.3 is 5.32 Å². The summed E-state index contributed by atoms with van der Waals surface area (Å²) in [7, 11) is 0. The van der Waals surface area contributed by atoms with Crippen molar-refractivity contribution in [1.82, 2.24) is 0 Å². The van der Waals surface area contributed by atoms with Crippen LogP contribution in [0, 0.1) is 25.2 Å². The minimum atomic E-state index is 0.208. The molecular formula is C17H17BrN2. The number of rotatable bonds is 3. The van der Waals surface area contributed by atoms with E-state index in [-0.39, 0.29) is 6.04 Å². The highest BCUT2D eigenvalue weighted by Crippen LogP contribution is 2.28. The fourth-order valence-corrected chi connectivity index (χ4v) is 2.73. The van der Waals surface area contributed by atoms with Gasteiger partial charge in [-0.15, -0.1) is 0 Å². The molecule has 0 aliphatic heterocycles. The molecule has 0 saturated carbocycles. The van der Waals surface area contributed by atoms with Crippen molar-refractivity contribution in [2.75, 3.05) is 5.32 Å². The van der Waals surface area contributed by atoms with E-state index in [1.807, 2.05) is 18.2 Å². The first-order valence-corrected chi connectivity index (χ1v) is 7.34. The van der Waals surface area contributed by atoms with E-state index in [1.54, 1.807) is 0 Å². The Bertz CT molecular complexity index is 671. The minimum Gasteiger partial charge on any atom is -0.378 e. The summed E-state index contributed by atoms with van der Waals surface area (Å²) < 4.78 is 0.911. The lowest BCUT2D eigenvalue weighted by Crippen LogP contribution is -2.09. The maximum Gasteiger partial charge on any atom is 0.0992 e. The largest absolute Gasteiger partial charge is 0.378 e. The highest BCUT2D eigenvalue weighted by atomic mass is 79.9. The quantitative estimate of drug-likeness (QED) is 0.849. The fourth-order valence-electron chi connectivity index (χ4n) is 2.24. The van der Waals surface area contributed by atoms with E-state index >= 15 is 0 Å². The smallest absolute Gasteiger partial charge is 0.0992 e. The van der Waals surface area contributed by atoms with Gasteiger partial charge in [-0.2, -0.15) is 5.26 Å². The second kappa shape index (κ2) is 6.11. The Balaban J connectivity index is 2.26. The average molecular weight is 329 g/mol. The zero-order valence-electron chi connectivity index (χ0n) is 11.9. The van der Waals surface area contributed by atoms with E-state index in [0.29, 0.717) is 5.56 Å². The molecule has 0 spiro atoms. The molecule has 0 aliphatic rings.